The molecule has 0 aromatic heterocycles. The van der Waals surface area contributed by atoms with Crippen molar-refractivity contribution in [3.63, 3.8) is 0 Å². The van der Waals surface area contributed by atoms with Gasteiger partial charge in [0, 0.05) is 7.05 Å². The Kier molecular flexibility index (Phi) is 2.88. The van der Waals surface area contributed by atoms with E-state index in [2.05, 4.69) is 17.6 Å². The first-order chi connectivity index (χ1) is 5.29. The predicted octanol–water partition coefficient (Wildman–Crippen LogP) is 0.120. The number of hydrogen-bond acceptors (Lipinski definition) is 2. The highest BCUT2D eigenvalue weighted by Gasteiger charge is 2.30. The van der Waals surface area contributed by atoms with E-state index in [1.165, 1.54) is 0 Å². The van der Waals surface area contributed by atoms with Crippen LogP contribution in [0.2, 0.25) is 0 Å². The molecule has 0 aromatic rings. The van der Waals surface area contributed by atoms with Gasteiger partial charge in [-0.2, -0.15) is 0 Å². The van der Waals surface area contributed by atoms with Crippen molar-refractivity contribution in [2.75, 3.05) is 13.6 Å². The van der Waals surface area contributed by atoms with Crippen molar-refractivity contribution in [3.8, 4) is 0 Å². The van der Waals surface area contributed by atoms with Gasteiger partial charge in [0.15, 0.2) is 0 Å². The number of carbonyl (C=O) groups excluding carboxylic acids is 1. The molecule has 2 N–H and O–H groups in total. The Morgan fingerprint density at radius 2 is 2.45 bits per heavy atom. The lowest BCUT2D eigenvalue weighted by Crippen LogP contribution is -2.42. The van der Waals surface area contributed by atoms with Crippen molar-refractivity contribution in [2.24, 2.45) is 5.92 Å². The molecule has 1 aliphatic heterocycles. The van der Waals surface area contributed by atoms with Crippen LogP contribution in [0.25, 0.3) is 0 Å². The van der Waals surface area contributed by atoms with Gasteiger partial charge in [-0.3, -0.25) is 4.79 Å². The molecule has 1 heterocycles. The van der Waals surface area contributed by atoms with Crippen LogP contribution in [-0.4, -0.2) is 25.5 Å². The van der Waals surface area contributed by atoms with Crippen molar-refractivity contribution in [2.45, 2.75) is 25.8 Å². The van der Waals surface area contributed by atoms with E-state index in [1.807, 2.05) is 0 Å². The minimum atomic E-state index is 0.0602. The number of rotatable bonds is 2. The molecule has 0 radical (unpaired) electrons. The quantitative estimate of drug-likeness (QED) is 0.596. The van der Waals surface area contributed by atoms with Crippen LogP contribution in [0.15, 0.2) is 0 Å². The second kappa shape index (κ2) is 3.72. The summed E-state index contributed by atoms with van der Waals surface area (Å²) in [5.41, 5.74) is 0. The van der Waals surface area contributed by atoms with Crippen LogP contribution >= 0.6 is 0 Å². The maximum atomic E-state index is 11.2. The predicted molar refractivity (Wildman–Crippen MR) is 44.3 cm³/mol. The summed E-state index contributed by atoms with van der Waals surface area (Å²) in [6.45, 7) is 3.12. The van der Waals surface area contributed by atoms with Crippen LogP contribution in [0.1, 0.15) is 19.8 Å². The third kappa shape index (κ3) is 1.71. The maximum absolute atomic E-state index is 11.2. The fourth-order valence-corrected chi connectivity index (χ4v) is 1.66. The number of likely N-dealkylation sites (N-methyl/N-ethyl adjacent to an activating group) is 1. The number of nitrogens with one attached hydrogen (secondary N) is 2. The van der Waals surface area contributed by atoms with Crippen molar-refractivity contribution >= 4 is 5.91 Å². The van der Waals surface area contributed by atoms with Crippen molar-refractivity contribution in [3.05, 3.63) is 0 Å². The normalized spacial score (nSPS) is 30.4. The molecule has 2 unspecified atom stereocenters. The third-order valence-electron chi connectivity index (χ3n) is 2.40. The average molecular weight is 156 g/mol. The molecule has 1 aliphatic rings. The van der Waals surface area contributed by atoms with E-state index >= 15 is 0 Å². The zero-order valence-electron chi connectivity index (χ0n) is 7.18. The average Bonchev–Trinajstić information content (AvgIpc) is 2.50. The summed E-state index contributed by atoms with van der Waals surface area (Å²) in [6.07, 6.45) is 2.22. The molecule has 0 bridgehead atoms. The highest BCUT2D eigenvalue weighted by atomic mass is 16.2. The molecule has 3 heteroatoms. The first-order valence-corrected chi connectivity index (χ1v) is 4.24. The van der Waals surface area contributed by atoms with Gasteiger partial charge < -0.3 is 10.6 Å². The number of carbonyl (C=O) groups is 1. The monoisotopic (exact) mass is 156 g/mol. The smallest absolute Gasteiger partial charge is 0.237 e. The van der Waals surface area contributed by atoms with Gasteiger partial charge in [-0.25, -0.2) is 0 Å². The van der Waals surface area contributed by atoms with Crippen LogP contribution in [0.5, 0.6) is 0 Å². The Labute approximate surface area is 67.5 Å². The fraction of sp³-hybridized carbons (Fsp3) is 0.875. The Morgan fingerprint density at radius 3 is 3.00 bits per heavy atom. The third-order valence-corrected chi connectivity index (χ3v) is 2.40. The molecule has 1 fully saturated rings. The summed E-state index contributed by atoms with van der Waals surface area (Å²) in [7, 11) is 1.69. The van der Waals surface area contributed by atoms with Crippen LogP contribution in [0.3, 0.4) is 0 Å². The molecule has 11 heavy (non-hydrogen) atoms. The molecule has 0 saturated carbocycles. The summed E-state index contributed by atoms with van der Waals surface area (Å²) >= 11 is 0. The summed E-state index contributed by atoms with van der Waals surface area (Å²) < 4.78 is 0. The largest absolute Gasteiger partial charge is 0.358 e. The summed E-state index contributed by atoms with van der Waals surface area (Å²) in [4.78, 5) is 11.2. The minimum Gasteiger partial charge on any atom is -0.358 e. The number of hydrogen-bond donors (Lipinski definition) is 2. The Balaban J connectivity index is 2.49. The van der Waals surface area contributed by atoms with Gasteiger partial charge in [-0.15, -0.1) is 0 Å². The molecule has 1 amide bonds. The molecular weight excluding hydrogens is 140 g/mol. The van der Waals surface area contributed by atoms with E-state index in [0.29, 0.717) is 5.92 Å². The van der Waals surface area contributed by atoms with Gasteiger partial charge in [0.2, 0.25) is 5.91 Å². The summed E-state index contributed by atoms with van der Waals surface area (Å²) in [6, 6.07) is 0.0602. The first-order valence-electron chi connectivity index (χ1n) is 4.24. The highest BCUT2D eigenvalue weighted by Crippen LogP contribution is 2.18. The van der Waals surface area contributed by atoms with Crippen molar-refractivity contribution in [1.82, 2.24) is 10.6 Å². The molecule has 64 valence electrons. The lowest BCUT2D eigenvalue weighted by Gasteiger charge is -2.15. The van der Waals surface area contributed by atoms with Gasteiger partial charge >= 0.3 is 0 Å². The van der Waals surface area contributed by atoms with E-state index in [9.17, 15) is 4.79 Å². The van der Waals surface area contributed by atoms with Gasteiger partial charge in [-0.05, 0) is 18.9 Å². The zero-order chi connectivity index (χ0) is 8.27. The molecular formula is C8H16N2O. The van der Waals surface area contributed by atoms with Crippen LogP contribution < -0.4 is 10.6 Å². The Bertz CT molecular complexity index is 147. The minimum absolute atomic E-state index is 0.0602. The van der Waals surface area contributed by atoms with E-state index in [4.69, 9.17) is 0 Å². The van der Waals surface area contributed by atoms with Gasteiger partial charge in [0.1, 0.15) is 0 Å². The maximum Gasteiger partial charge on any atom is 0.237 e. The standard InChI is InChI=1S/C8H16N2O/c1-3-6-4-5-10-7(6)8(11)9-2/h6-7,10H,3-5H2,1-2H3,(H,9,11). The molecule has 3 nitrogen and oxygen atoms in total. The molecule has 2 atom stereocenters. The molecule has 0 spiro atoms. The molecule has 1 saturated heterocycles. The number of amides is 1. The van der Waals surface area contributed by atoms with Gasteiger partial charge in [-0.1, -0.05) is 13.3 Å². The van der Waals surface area contributed by atoms with Crippen molar-refractivity contribution in [1.29, 1.82) is 0 Å². The van der Waals surface area contributed by atoms with E-state index < -0.39 is 0 Å². The fourth-order valence-electron chi connectivity index (χ4n) is 1.66. The molecule has 0 aromatic carbocycles. The Morgan fingerprint density at radius 1 is 1.73 bits per heavy atom. The molecule has 1 rings (SSSR count). The second-order valence-electron chi connectivity index (χ2n) is 3.00. The lowest BCUT2D eigenvalue weighted by molar-refractivity contribution is -0.123. The van der Waals surface area contributed by atoms with Crippen molar-refractivity contribution < 1.29 is 4.79 Å². The van der Waals surface area contributed by atoms with Gasteiger partial charge in [0.25, 0.3) is 0 Å². The summed E-state index contributed by atoms with van der Waals surface area (Å²) in [5.74, 6) is 0.671. The van der Waals surface area contributed by atoms with E-state index in [1.54, 1.807) is 7.05 Å². The lowest BCUT2D eigenvalue weighted by atomic mass is 9.97. The first kappa shape index (κ1) is 8.53. The zero-order valence-corrected chi connectivity index (χ0v) is 7.18. The second-order valence-corrected chi connectivity index (χ2v) is 3.00. The van der Waals surface area contributed by atoms with Gasteiger partial charge in [0.05, 0.1) is 6.04 Å². The van der Waals surface area contributed by atoms with Crippen LogP contribution in [-0.2, 0) is 4.79 Å². The Hall–Kier alpha value is -0.570. The van der Waals surface area contributed by atoms with Crippen LogP contribution in [0, 0.1) is 5.92 Å². The van der Waals surface area contributed by atoms with E-state index in [0.717, 1.165) is 19.4 Å². The summed E-state index contributed by atoms with van der Waals surface area (Å²) in [5, 5.41) is 5.87. The highest BCUT2D eigenvalue weighted by molar-refractivity contribution is 5.82. The topological polar surface area (TPSA) is 41.1 Å². The van der Waals surface area contributed by atoms with E-state index in [-0.39, 0.29) is 11.9 Å². The molecule has 0 aliphatic carbocycles. The van der Waals surface area contributed by atoms with Crippen LogP contribution in [0.4, 0.5) is 0 Å². The SMILES string of the molecule is CCC1CCNC1C(=O)NC.